The third kappa shape index (κ3) is 3.68. The standard InChI is InChI=1S/C27H22N2O2/c1-2-25(30)31-24-14-7-6-11-21(24)27(20-12-8-13-23-22(20)17-28-29-23)26(19-15-16-19)18-9-4-3-5-10-18/h2-14,17,19H,1,15-16H2,(H,28,29)/b27-26-. The topological polar surface area (TPSA) is 55.0 Å². The quantitative estimate of drug-likeness (QED) is 0.184. The highest BCUT2D eigenvalue weighted by Crippen LogP contribution is 2.49. The summed E-state index contributed by atoms with van der Waals surface area (Å²) in [5, 5.41) is 8.38. The van der Waals surface area contributed by atoms with Crippen molar-refractivity contribution in [2.24, 2.45) is 5.92 Å². The van der Waals surface area contributed by atoms with E-state index in [9.17, 15) is 4.79 Å². The average Bonchev–Trinajstić information content (AvgIpc) is 3.53. The van der Waals surface area contributed by atoms with Gasteiger partial charge < -0.3 is 4.74 Å². The molecule has 0 atom stereocenters. The number of aromatic nitrogens is 2. The van der Waals surface area contributed by atoms with Crippen LogP contribution in [0.2, 0.25) is 0 Å². The molecule has 4 heteroatoms. The highest BCUT2D eigenvalue weighted by atomic mass is 16.5. The first-order valence-corrected chi connectivity index (χ1v) is 10.4. The zero-order valence-corrected chi connectivity index (χ0v) is 17.0. The van der Waals surface area contributed by atoms with E-state index in [-0.39, 0.29) is 0 Å². The van der Waals surface area contributed by atoms with Crippen LogP contribution in [-0.2, 0) is 4.79 Å². The van der Waals surface area contributed by atoms with Gasteiger partial charge in [-0.2, -0.15) is 5.10 Å². The van der Waals surface area contributed by atoms with Gasteiger partial charge in [-0.15, -0.1) is 0 Å². The number of hydrogen-bond acceptors (Lipinski definition) is 3. The summed E-state index contributed by atoms with van der Waals surface area (Å²) in [6.45, 7) is 3.55. The highest BCUT2D eigenvalue weighted by Gasteiger charge is 2.32. The van der Waals surface area contributed by atoms with E-state index in [1.807, 2.05) is 48.7 Å². The molecule has 1 aromatic heterocycles. The molecule has 4 nitrogen and oxygen atoms in total. The summed E-state index contributed by atoms with van der Waals surface area (Å²) >= 11 is 0. The van der Waals surface area contributed by atoms with Crippen LogP contribution >= 0.6 is 0 Å². The van der Waals surface area contributed by atoms with E-state index < -0.39 is 5.97 Å². The van der Waals surface area contributed by atoms with Gasteiger partial charge in [-0.1, -0.05) is 67.2 Å². The Morgan fingerprint density at radius 1 is 0.968 bits per heavy atom. The predicted octanol–water partition coefficient (Wildman–Crippen LogP) is 6.02. The van der Waals surface area contributed by atoms with Crippen molar-refractivity contribution in [3.05, 3.63) is 108 Å². The molecule has 0 radical (unpaired) electrons. The lowest BCUT2D eigenvalue weighted by Gasteiger charge is -2.20. The first-order chi connectivity index (χ1) is 15.3. The fraction of sp³-hybridized carbons (Fsp3) is 0.111. The third-order valence-corrected chi connectivity index (χ3v) is 5.63. The van der Waals surface area contributed by atoms with Crippen LogP contribution in [0.1, 0.15) is 29.5 Å². The number of ether oxygens (including phenoxy) is 1. The van der Waals surface area contributed by atoms with Gasteiger partial charge in [0.1, 0.15) is 5.75 Å². The molecular formula is C27H22N2O2. The number of hydrogen-bond donors (Lipinski definition) is 1. The Kier molecular flexibility index (Phi) is 4.97. The maximum absolute atomic E-state index is 12.1. The minimum Gasteiger partial charge on any atom is -0.423 e. The summed E-state index contributed by atoms with van der Waals surface area (Å²) in [5.41, 5.74) is 6.46. The smallest absolute Gasteiger partial charge is 0.335 e. The number of H-pyrrole nitrogens is 1. The van der Waals surface area contributed by atoms with Gasteiger partial charge in [0.25, 0.3) is 0 Å². The Balaban J connectivity index is 1.85. The summed E-state index contributed by atoms with van der Waals surface area (Å²) < 4.78 is 5.66. The van der Waals surface area contributed by atoms with Gasteiger partial charge in [0, 0.05) is 17.0 Å². The first kappa shape index (κ1) is 19.1. The van der Waals surface area contributed by atoms with E-state index in [4.69, 9.17) is 4.74 Å². The van der Waals surface area contributed by atoms with Crippen LogP contribution in [0.25, 0.3) is 22.0 Å². The number of rotatable bonds is 6. The summed E-state index contributed by atoms with van der Waals surface area (Å²) in [6.07, 6.45) is 5.34. The molecule has 1 aliphatic rings. The lowest BCUT2D eigenvalue weighted by atomic mass is 9.85. The molecule has 0 bridgehead atoms. The Labute approximate surface area is 180 Å². The third-order valence-electron chi connectivity index (χ3n) is 5.63. The number of benzene rings is 3. The highest BCUT2D eigenvalue weighted by molar-refractivity contribution is 6.07. The normalized spacial score (nSPS) is 14.2. The van der Waals surface area contributed by atoms with Crippen molar-refractivity contribution in [3.8, 4) is 5.75 Å². The summed E-state index contributed by atoms with van der Waals surface area (Å²) in [5.74, 6) is 0.515. The molecule has 0 aliphatic heterocycles. The lowest BCUT2D eigenvalue weighted by molar-refractivity contribution is -0.128. The molecule has 3 aromatic carbocycles. The zero-order valence-electron chi connectivity index (χ0n) is 17.0. The van der Waals surface area contributed by atoms with Crippen molar-refractivity contribution in [1.82, 2.24) is 10.2 Å². The maximum atomic E-state index is 12.1. The zero-order chi connectivity index (χ0) is 21.2. The maximum Gasteiger partial charge on any atom is 0.335 e. The van der Waals surface area contributed by atoms with E-state index in [0.717, 1.165) is 40.4 Å². The molecule has 1 fully saturated rings. The van der Waals surface area contributed by atoms with E-state index >= 15 is 0 Å². The van der Waals surface area contributed by atoms with Crippen molar-refractivity contribution in [2.75, 3.05) is 0 Å². The summed E-state index contributed by atoms with van der Waals surface area (Å²) in [6, 6.07) is 24.4. The van der Waals surface area contributed by atoms with E-state index in [2.05, 4.69) is 47.1 Å². The molecule has 0 amide bonds. The van der Waals surface area contributed by atoms with Gasteiger partial charge in [-0.3, -0.25) is 5.10 Å². The Morgan fingerprint density at radius 3 is 2.48 bits per heavy atom. The molecule has 0 saturated heterocycles. The van der Waals surface area contributed by atoms with Crippen molar-refractivity contribution in [3.63, 3.8) is 0 Å². The number of nitrogens with zero attached hydrogens (tertiary/aromatic N) is 1. The second-order valence-corrected chi connectivity index (χ2v) is 7.69. The number of esters is 1. The van der Waals surface area contributed by atoms with Crippen molar-refractivity contribution in [1.29, 1.82) is 0 Å². The second kappa shape index (κ2) is 8.07. The molecule has 4 aromatic rings. The monoisotopic (exact) mass is 406 g/mol. The largest absolute Gasteiger partial charge is 0.423 e. The number of allylic oxidation sites excluding steroid dienone is 1. The first-order valence-electron chi connectivity index (χ1n) is 10.4. The molecule has 152 valence electrons. The van der Waals surface area contributed by atoms with Crippen LogP contribution in [0.5, 0.6) is 5.75 Å². The number of aromatic amines is 1. The van der Waals surface area contributed by atoms with Gasteiger partial charge in [0.2, 0.25) is 0 Å². The van der Waals surface area contributed by atoms with E-state index in [1.54, 1.807) is 0 Å². The predicted molar refractivity (Wildman–Crippen MR) is 123 cm³/mol. The van der Waals surface area contributed by atoms with E-state index in [0.29, 0.717) is 11.7 Å². The number of para-hydroxylation sites is 1. The number of fused-ring (bicyclic) bond motifs is 1. The minimum atomic E-state index is -0.471. The Hall–Kier alpha value is -3.92. The minimum absolute atomic E-state index is 0.461. The molecule has 0 unspecified atom stereocenters. The average molecular weight is 406 g/mol. The Morgan fingerprint density at radius 2 is 1.71 bits per heavy atom. The summed E-state index contributed by atoms with van der Waals surface area (Å²) in [7, 11) is 0. The molecule has 5 rings (SSSR count). The van der Waals surface area contributed by atoms with Gasteiger partial charge in [0.05, 0.1) is 11.7 Å². The SMILES string of the molecule is C=CC(=O)Oc1ccccc1/C(=C(/c1ccccc1)C1CC1)c1cccc2[nH]ncc12. The summed E-state index contributed by atoms with van der Waals surface area (Å²) in [4.78, 5) is 12.1. The van der Waals surface area contributed by atoms with Gasteiger partial charge in [-0.25, -0.2) is 4.79 Å². The molecule has 1 aliphatic carbocycles. The van der Waals surface area contributed by atoms with Gasteiger partial charge >= 0.3 is 5.97 Å². The fourth-order valence-electron chi connectivity index (χ4n) is 4.11. The van der Waals surface area contributed by atoms with Crippen molar-refractivity contribution < 1.29 is 9.53 Å². The molecule has 1 saturated carbocycles. The molecule has 31 heavy (non-hydrogen) atoms. The van der Waals surface area contributed by atoms with Crippen LogP contribution < -0.4 is 4.74 Å². The van der Waals surface area contributed by atoms with Gasteiger partial charge in [0.15, 0.2) is 0 Å². The van der Waals surface area contributed by atoms with Crippen molar-refractivity contribution in [2.45, 2.75) is 12.8 Å². The number of nitrogens with one attached hydrogen (secondary N) is 1. The van der Waals surface area contributed by atoms with Crippen LogP contribution in [-0.4, -0.2) is 16.2 Å². The van der Waals surface area contributed by atoms with Crippen LogP contribution in [0, 0.1) is 5.92 Å². The molecular weight excluding hydrogens is 384 g/mol. The lowest BCUT2D eigenvalue weighted by Crippen LogP contribution is -2.06. The number of carbonyl (C=O) groups is 1. The molecule has 0 spiro atoms. The Bertz CT molecular complexity index is 1300. The van der Waals surface area contributed by atoms with Gasteiger partial charge in [-0.05, 0) is 53.2 Å². The van der Waals surface area contributed by atoms with Crippen LogP contribution in [0.4, 0.5) is 0 Å². The second-order valence-electron chi connectivity index (χ2n) is 7.69. The van der Waals surface area contributed by atoms with Crippen LogP contribution in [0.15, 0.2) is 91.6 Å². The number of carbonyl (C=O) groups excluding carboxylic acids is 1. The molecule has 1 heterocycles. The van der Waals surface area contributed by atoms with Crippen LogP contribution in [0.3, 0.4) is 0 Å². The molecule has 1 N–H and O–H groups in total. The van der Waals surface area contributed by atoms with E-state index in [1.165, 1.54) is 17.2 Å². The fourth-order valence-corrected chi connectivity index (χ4v) is 4.11. The van der Waals surface area contributed by atoms with Crippen molar-refractivity contribution >= 4 is 28.0 Å².